The lowest BCUT2D eigenvalue weighted by Crippen LogP contribution is -2.10. The number of benzene rings is 2. The fourth-order valence-corrected chi connectivity index (χ4v) is 1.98. The molecule has 0 N–H and O–H groups in total. The van der Waals surface area contributed by atoms with E-state index in [4.69, 9.17) is 32.7 Å². The van der Waals surface area contributed by atoms with E-state index < -0.39 is 4.92 Å². The van der Waals surface area contributed by atoms with Gasteiger partial charge in [0.15, 0.2) is 5.75 Å². The standard InChI is InChI=1S/C14H11Cl2NO4/c15-10-4-3-7-13(14(10)16)21-9-8-20-12-6-2-1-5-11(12)17(18)19/h1-7H,8-9H2. The van der Waals surface area contributed by atoms with Crippen molar-refractivity contribution in [1.82, 2.24) is 0 Å². The van der Waals surface area contributed by atoms with Gasteiger partial charge < -0.3 is 9.47 Å². The highest BCUT2D eigenvalue weighted by Crippen LogP contribution is 2.31. The van der Waals surface area contributed by atoms with E-state index in [0.717, 1.165) is 0 Å². The summed E-state index contributed by atoms with van der Waals surface area (Å²) in [4.78, 5) is 10.3. The fourth-order valence-electron chi connectivity index (χ4n) is 1.63. The Balaban J connectivity index is 1.91. The Kier molecular flexibility index (Phi) is 5.25. The lowest BCUT2D eigenvalue weighted by molar-refractivity contribution is -0.385. The van der Waals surface area contributed by atoms with E-state index in [2.05, 4.69) is 0 Å². The Morgan fingerprint density at radius 1 is 0.952 bits per heavy atom. The molecule has 0 aromatic heterocycles. The van der Waals surface area contributed by atoms with Gasteiger partial charge in [-0.05, 0) is 18.2 Å². The van der Waals surface area contributed by atoms with Gasteiger partial charge in [-0.25, -0.2) is 0 Å². The first kappa shape index (κ1) is 15.4. The molecule has 7 heteroatoms. The van der Waals surface area contributed by atoms with Crippen LogP contribution >= 0.6 is 23.2 Å². The summed E-state index contributed by atoms with van der Waals surface area (Å²) in [5, 5.41) is 11.5. The van der Waals surface area contributed by atoms with Gasteiger partial charge in [0.05, 0.1) is 9.95 Å². The Morgan fingerprint density at radius 3 is 2.29 bits per heavy atom. The number of halogens is 2. The third kappa shape index (κ3) is 4.00. The van der Waals surface area contributed by atoms with E-state index in [0.29, 0.717) is 15.8 Å². The van der Waals surface area contributed by atoms with Crippen molar-refractivity contribution in [2.75, 3.05) is 13.2 Å². The minimum absolute atomic E-state index is 0.0849. The summed E-state index contributed by atoms with van der Waals surface area (Å²) in [5.41, 5.74) is -0.0849. The molecule has 0 fully saturated rings. The van der Waals surface area contributed by atoms with Crippen molar-refractivity contribution in [2.24, 2.45) is 0 Å². The molecular formula is C14H11Cl2NO4. The van der Waals surface area contributed by atoms with Gasteiger partial charge in [0.25, 0.3) is 0 Å². The van der Waals surface area contributed by atoms with Gasteiger partial charge in [-0.15, -0.1) is 0 Å². The van der Waals surface area contributed by atoms with Crippen LogP contribution in [0.4, 0.5) is 5.69 Å². The van der Waals surface area contributed by atoms with Crippen LogP contribution in [0.15, 0.2) is 42.5 Å². The molecule has 0 heterocycles. The van der Waals surface area contributed by atoms with Gasteiger partial charge in [-0.3, -0.25) is 10.1 Å². The van der Waals surface area contributed by atoms with Crippen LogP contribution in [-0.2, 0) is 0 Å². The molecule has 2 rings (SSSR count). The number of rotatable bonds is 6. The lowest BCUT2D eigenvalue weighted by atomic mass is 10.3. The number of hydrogen-bond acceptors (Lipinski definition) is 4. The number of hydrogen-bond donors (Lipinski definition) is 0. The summed E-state index contributed by atoms with van der Waals surface area (Å²) in [6, 6.07) is 11.2. The summed E-state index contributed by atoms with van der Waals surface area (Å²) < 4.78 is 10.8. The third-order valence-corrected chi connectivity index (χ3v) is 3.38. The van der Waals surface area contributed by atoms with Crippen LogP contribution in [0.5, 0.6) is 11.5 Å². The van der Waals surface area contributed by atoms with Crippen molar-refractivity contribution < 1.29 is 14.4 Å². The van der Waals surface area contributed by atoms with Gasteiger partial charge in [0.1, 0.15) is 24.0 Å². The number of nitrogens with zero attached hydrogens (tertiary/aromatic N) is 1. The summed E-state index contributed by atoms with van der Waals surface area (Å²) in [5.74, 6) is 0.638. The molecule has 2 aromatic rings. The largest absolute Gasteiger partial charge is 0.488 e. The van der Waals surface area contributed by atoms with E-state index >= 15 is 0 Å². The molecule has 0 atom stereocenters. The number of nitro groups is 1. The second-order valence-corrected chi connectivity index (χ2v) is 4.76. The molecule has 21 heavy (non-hydrogen) atoms. The zero-order valence-electron chi connectivity index (χ0n) is 10.8. The fraction of sp³-hybridized carbons (Fsp3) is 0.143. The monoisotopic (exact) mass is 327 g/mol. The molecular weight excluding hydrogens is 317 g/mol. The summed E-state index contributed by atoms with van der Waals surface area (Å²) in [7, 11) is 0. The first-order chi connectivity index (χ1) is 10.1. The molecule has 0 unspecified atom stereocenters. The zero-order valence-corrected chi connectivity index (χ0v) is 12.3. The number of nitro benzene ring substituents is 1. The average molecular weight is 328 g/mol. The molecule has 0 aliphatic heterocycles. The summed E-state index contributed by atoms with van der Waals surface area (Å²) >= 11 is 11.8. The van der Waals surface area contributed by atoms with Crippen molar-refractivity contribution in [3.05, 3.63) is 62.6 Å². The van der Waals surface area contributed by atoms with Crippen LogP contribution in [0.3, 0.4) is 0 Å². The number of ether oxygens (including phenoxy) is 2. The van der Waals surface area contributed by atoms with Gasteiger partial charge in [0.2, 0.25) is 0 Å². The SMILES string of the molecule is O=[N+]([O-])c1ccccc1OCCOc1cccc(Cl)c1Cl. The normalized spacial score (nSPS) is 10.2. The van der Waals surface area contributed by atoms with E-state index in [1.165, 1.54) is 12.1 Å². The molecule has 0 saturated carbocycles. The second-order valence-electron chi connectivity index (χ2n) is 3.97. The van der Waals surface area contributed by atoms with Crippen molar-refractivity contribution in [3.63, 3.8) is 0 Å². The van der Waals surface area contributed by atoms with Gasteiger partial charge in [-0.2, -0.15) is 0 Å². The minimum Gasteiger partial charge on any atom is -0.488 e. The minimum atomic E-state index is -0.496. The zero-order chi connectivity index (χ0) is 15.2. The topological polar surface area (TPSA) is 61.6 Å². The molecule has 0 aliphatic rings. The average Bonchev–Trinajstić information content (AvgIpc) is 2.48. The molecule has 110 valence electrons. The lowest BCUT2D eigenvalue weighted by Gasteiger charge is -2.10. The van der Waals surface area contributed by atoms with Crippen molar-refractivity contribution in [2.45, 2.75) is 0 Å². The molecule has 5 nitrogen and oxygen atoms in total. The number of para-hydroxylation sites is 2. The highest BCUT2D eigenvalue weighted by Gasteiger charge is 2.13. The van der Waals surface area contributed by atoms with Crippen LogP contribution in [0.1, 0.15) is 0 Å². The Labute approximate surface area is 131 Å². The first-order valence-corrected chi connectivity index (χ1v) is 6.78. The Hall–Kier alpha value is -1.98. The Morgan fingerprint density at radius 2 is 1.57 bits per heavy atom. The van der Waals surface area contributed by atoms with E-state index in [1.807, 2.05) is 0 Å². The smallest absolute Gasteiger partial charge is 0.310 e. The molecule has 2 aromatic carbocycles. The van der Waals surface area contributed by atoms with Crippen molar-refractivity contribution in [3.8, 4) is 11.5 Å². The third-order valence-electron chi connectivity index (χ3n) is 2.58. The van der Waals surface area contributed by atoms with E-state index in [-0.39, 0.29) is 24.7 Å². The van der Waals surface area contributed by atoms with Gasteiger partial charge in [0, 0.05) is 6.07 Å². The summed E-state index contributed by atoms with van der Waals surface area (Å²) in [6.07, 6.45) is 0. The highest BCUT2D eigenvalue weighted by molar-refractivity contribution is 6.42. The predicted octanol–water partition coefficient (Wildman–Crippen LogP) is 4.36. The summed E-state index contributed by atoms with van der Waals surface area (Å²) in [6.45, 7) is 0.333. The quantitative estimate of drug-likeness (QED) is 0.449. The first-order valence-electron chi connectivity index (χ1n) is 6.02. The molecule has 0 aliphatic carbocycles. The van der Waals surface area contributed by atoms with Crippen LogP contribution in [-0.4, -0.2) is 18.1 Å². The van der Waals surface area contributed by atoms with Crippen molar-refractivity contribution >= 4 is 28.9 Å². The maximum atomic E-state index is 10.8. The van der Waals surface area contributed by atoms with Crippen LogP contribution < -0.4 is 9.47 Å². The van der Waals surface area contributed by atoms with Crippen LogP contribution in [0, 0.1) is 10.1 Å². The Bertz CT molecular complexity index is 649. The molecule has 0 spiro atoms. The predicted molar refractivity (Wildman–Crippen MR) is 80.5 cm³/mol. The highest BCUT2D eigenvalue weighted by atomic mass is 35.5. The molecule has 0 amide bonds. The molecule has 0 radical (unpaired) electrons. The van der Waals surface area contributed by atoms with E-state index in [9.17, 15) is 10.1 Å². The van der Waals surface area contributed by atoms with E-state index in [1.54, 1.807) is 30.3 Å². The van der Waals surface area contributed by atoms with Gasteiger partial charge in [-0.1, -0.05) is 41.4 Å². The molecule has 0 bridgehead atoms. The van der Waals surface area contributed by atoms with Crippen LogP contribution in [0.2, 0.25) is 10.0 Å². The maximum Gasteiger partial charge on any atom is 0.310 e. The maximum absolute atomic E-state index is 10.8. The molecule has 0 saturated heterocycles. The second kappa shape index (κ2) is 7.15. The van der Waals surface area contributed by atoms with Crippen molar-refractivity contribution in [1.29, 1.82) is 0 Å². The van der Waals surface area contributed by atoms with Gasteiger partial charge >= 0.3 is 5.69 Å². The van der Waals surface area contributed by atoms with Crippen LogP contribution in [0.25, 0.3) is 0 Å².